The Morgan fingerprint density at radius 2 is 1.93 bits per heavy atom. The van der Waals surface area contributed by atoms with Crippen LogP contribution < -0.4 is 0 Å². The number of carboxylic acids is 1. The number of carbonyl (C=O) groups excluding carboxylic acids is 1. The molecular weight excluding hydrogens is 212 g/mol. The molecule has 0 saturated heterocycles. The monoisotopic (exact) mass is 232 g/mol. The van der Waals surface area contributed by atoms with Crippen LogP contribution in [0.2, 0.25) is 0 Å². The van der Waals surface area contributed by atoms with Gasteiger partial charge in [0.2, 0.25) is 0 Å². The number of carbonyl (C=O) groups is 2. The van der Waals surface area contributed by atoms with E-state index in [2.05, 4.69) is 19.6 Å². The Balaban J connectivity index is 4.05. The first-order valence-corrected chi connectivity index (χ1v) is 5.98. The van der Waals surface area contributed by atoms with E-state index in [9.17, 15) is 9.59 Å². The second-order valence-electron chi connectivity index (χ2n) is 3.83. The van der Waals surface area contributed by atoms with Crippen LogP contribution in [0.3, 0.4) is 0 Å². The van der Waals surface area contributed by atoms with E-state index in [1.165, 1.54) is 0 Å². The van der Waals surface area contributed by atoms with Crippen LogP contribution in [0.15, 0.2) is 0 Å². The van der Waals surface area contributed by atoms with Crippen molar-refractivity contribution in [3.05, 3.63) is 0 Å². The molecule has 0 saturated carbocycles. The predicted molar refractivity (Wildman–Crippen MR) is 63.3 cm³/mol. The summed E-state index contributed by atoms with van der Waals surface area (Å²) in [5, 5.41) is 7.46. The van der Waals surface area contributed by atoms with Gasteiger partial charge in [-0.1, -0.05) is 39.5 Å². The minimum atomic E-state index is -1.15. The van der Waals surface area contributed by atoms with E-state index in [4.69, 9.17) is 5.11 Å². The summed E-state index contributed by atoms with van der Waals surface area (Å²) in [7, 11) is 0. The summed E-state index contributed by atoms with van der Waals surface area (Å²) in [5.41, 5.74) is 0. The summed E-state index contributed by atoms with van der Waals surface area (Å²) < 4.78 is 0. The van der Waals surface area contributed by atoms with Crippen molar-refractivity contribution in [1.29, 1.82) is 0 Å². The van der Waals surface area contributed by atoms with Crippen LogP contribution in [-0.2, 0) is 9.59 Å². The van der Waals surface area contributed by atoms with Gasteiger partial charge in [0.15, 0.2) is 11.0 Å². The van der Waals surface area contributed by atoms with E-state index >= 15 is 0 Å². The van der Waals surface area contributed by atoms with Crippen molar-refractivity contribution < 1.29 is 14.7 Å². The van der Waals surface area contributed by atoms with Gasteiger partial charge in [-0.25, -0.2) is 0 Å². The number of aliphatic carboxylic acids is 1. The highest BCUT2D eigenvalue weighted by atomic mass is 32.1. The molecule has 0 aliphatic carbocycles. The summed E-state index contributed by atoms with van der Waals surface area (Å²) in [4.78, 5) is 22.0. The highest BCUT2D eigenvalue weighted by Crippen LogP contribution is 2.18. The molecule has 0 aliphatic rings. The van der Waals surface area contributed by atoms with E-state index < -0.39 is 11.2 Å². The van der Waals surface area contributed by atoms with Crippen LogP contribution in [0, 0.1) is 5.92 Å². The average molecular weight is 232 g/mol. The molecule has 2 atom stereocenters. The Kier molecular flexibility index (Phi) is 7.48. The summed E-state index contributed by atoms with van der Waals surface area (Å²) in [6.45, 7) is 4.13. The minimum absolute atomic E-state index is 0.270. The van der Waals surface area contributed by atoms with E-state index in [0.717, 1.165) is 25.7 Å². The Hall–Kier alpha value is -0.510. The number of unbranched alkanes of at least 4 members (excludes halogenated alkanes) is 1. The van der Waals surface area contributed by atoms with E-state index in [0.29, 0.717) is 12.3 Å². The van der Waals surface area contributed by atoms with Gasteiger partial charge < -0.3 is 5.11 Å². The smallest absolute Gasteiger partial charge is 0.324 e. The maximum absolute atomic E-state index is 11.5. The van der Waals surface area contributed by atoms with Crippen LogP contribution in [0.4, 0.5) is 0 Å². The zero-order valence-electron chi connectivity index (χ0n) is 9.40. The third-order valence-corrected chi connectivity index (χ3v) is 3.08. The summed E-state index contributed by atoms with van der Waals surface area (Å²) >= 11 is 3.78. The Labute approximate surface area is 96.7 Å². The van der Waals surface area contributed by atoms with Crippen molar-refractivity contribution >= 4 is 24.4 Å². The van der Waals surface area contributed by atoms with Crippen molar-refractivity contribution in [1.82, 2.24) is 0 Å². The lowest BCUT2D eigenvalue weighted by Crippen LogP contribution is -2.26. The summed E-state index contributed by atoms with van der Waals surface area (Å²) in [5.74, 6) is -1.10. The molecule has 3 nitrogen and oxygen atoms in total. The topological polar surface area (TPSA) is 54.4 Å². The quantitative estimate of drug-likeness (QED) is 0.499. The van der Waals surface area contributed by atoms with Crippen molar-refractivity contribution in [2.45, 2.75) is 51.2 Å². The number of rotatable bonds is 8. The number of thiol groups is 1. The molecule has 0 fully saturated rings. The highest BCUT2D eigenvalue weighted by molar-refractivity contribution is 7.82. The van der Waals surface area contributed by atoms with Gasteiger partial charge in [0.1, 0.15) is 0 Å². The van der Waals surface area contributed by atoms with Crippen LogP contribution in [0.5, 0.6) is 0 Å². The fourth-order valence-electron chi connectivity index (χ4n) is 1.48. The lowest BCUT2D eigenvalue weighted by atomic mass is 9.93. The molecule has 0 amide bonds. The zero-order valence-corrected chi connectivity index (χ0v) is 10.3. The molecule has 0 spiro atoms. The van der Waals surface area contributed by atoms with Crippen LogP contribution >= 0.6 is 12.6 Å². The minimum Gasteiger partial charge on any atom is -0.480 e. The maximum atomic E-state index is 11.5. The van der Waals surface area contributed by atoms with Gasteiger partial charge >= 0.3 is 5.97 Å². The Morgan fingerprint density at radius 1 is 1.33 bits per heavy atom. The van der Waals surface area contributed by atoms with E-state index in [-0.39, 0.29) is 5.78 Å². The fraction of sp³-hybridized carbons (Fsp3) is 0.818. The first kappa shape index (κ1) is 14.5. The van der Waals surface area contributed by atoms with Gasteiger partial charge in [-0.05, 0) is 5.92 Å². The molecule has 15 heavy (non-hydrogen) atoms. The van der Waals surface area contributed by atoms with Crippen LogP contribution in [0.1, 0.15) is 46.0 Å². The third-order valence-electron chi connectivity index (χ3n) is 2.57. The lowest BCUT2D eigenvalue weighted by molar-refractivity contribution is -0.139. The Morgan fingerprint density at radius 3 is 2.33 bits per heavy atom. The summed E-state index contributed by atoms with van der Waals surface area (Å²) in [6.07, 6.45) is 4.46. The third kappa shape index (κ3) is 5.82. The van der Waals surface area contributed by atoms with Crippen molar-refractivity contribution in [2.24, 2.45) is 5.92 Å². The molecule has 0 rings (SSSR count). The molecule has 0 aromatic carbocycles. The van der Waals surface area contributed by atoms with Gasteiger partial charge in [0.25, 0.3) is 0 Å². The first-order valence-electron chi connectivity index (χ1n) is 5.46. The number of carboxylic acid groups (broad SMARTS) is 1. The molecule has 0 aromatic rings. The first-order chi connectivity index (χ1) is 7.02. The standard InChI is InChI=1S/C11H20O3S/c1-3-5-6-8(4-2)7-9(12)10(15)11(13)14/h8,10,15H,3-7H2,1-2H3,(H,13,14). The van der Waals surface area contributed by atoms with Crippen LogP contribution in [-0.4, -0.2) is 22.1 Å². The van der Waals surface area contributed by atoms with Crippen molar-refractivity contribution in [3.63, 3.8) is 0 Å². The molecule has 0 radical (unpaired) electrons. The molecule has 2 unspecified atom stereocenters. The van der Waals surface area contributed by atoms with Gasteiger partial charge in [-0.2, -0.15) is 12.6 Å². The van der Waals surface area contributed by atoms with Gasteiger partial charge in [-0.3, -0.25) is 9.59 Å². The number of hydrogen-bond acceptors (Lipinski definition) is 3. The number of ketones is 1. The van der Waals surface area contributed by atoms with E-state index in [1.54, 1.807) is 0 Å². The second-order valence-corrected chi connectivity index (χ2v) is 4.34. The molecule has 88 valence electrons. The van der Waals surface area contributed by atoms with Gasteiger partial charge in [-0.15, -0.1) is 0 Å². The number of Topliss-reactive ketones (excluding diaryl/α,β-unsaturated/α-hetero) is 1. The Bertz CT molecular complexity index is 216. The van der Waals surface area contributed by atoms with Gasteiger partial charge in [0.05, 0.1) is 0 Å². The van der Waals surface area contributed by atoms with Crippen LogP contribution in [0.25, 0.3) is 0 Å². The fourth-order valence-corrected chi connectivity index (χ4v) is 1.58. The number of hydrogen-bond donors (Lipinski definition) is 2. The van der Waals surface area contributed by atoms with E-state index in [1.807, 2.05) is 6.92 Å². The normalized spacial score (nSPS) is 14.6. The summed E-state index contributed by atoms with van der Waals surface area (Å²) in [6, 6.07) is 0. The highest BCUT2D eigenvalue weighted by Gasteiger charge is 2.23. The molecule has 0 bridgehead atoms. The molecule has 4 heteroatoms. The van der Waals surface area contributed by atoms with Crippen molar-refractivity contribution in [2.75, 3.05) is 0 Å². The van der Waals surface area contributed by atoms with Gasteiger partial charge in [0, 0.05) is 6.42 Å². The zero-order chi connectivity index (χ0) is 11.8. The second kappa shape index (κ2) is 7.74. The SMILES string of the molecule is CCCCC(CC)CC(=O)C(S)C(=O)O. The average Bonchev–Trinajstić information content (AvgIpc) is 2.22. The molecule has 0 aromatic heterocycles. The lowest BCUT2D eigenvalue weighted by Gasteiger charge is -2.14. The molecule has 0 heterocycles. The molecule has 0 aliphatic heterocycles. The molecule has 1 N–H and O–H groups in total. The predicted octanol–water partition coefficient (Wildman–Crippen LogP) is 2.55. The molecular formula is C11H20O3S. The maximum Gasteiger partial charge on any atom is 0.324 e. The largest absolute Gasteiger partial charge is 0.480 e. The van der Waals surface area contributed by atoms with Crippen molar-refractivity contribution in [3.8, 4) is 0 Å².